The Balaban J connectivity index is 1.79. The SMILES string of the molecule is O=C(NCc1ccccc1)C(=Cc1ccc(F)c(F)c1)C(=O)NCc1ccccc1. The van der Waals surface area contributed by atoms with Gasteiger partial charge in [0.2, 0.25) is 0 Å². The molecule has 2 amide bonds. The van der Waals surface area contributed by atoms with E-state index in [0.29, 0.717) is 0 Å². The quantitative estimate of drug-likeness (QED) is 0.354. The molecule has 0 heterocycles. The van der Waals surface area contributed by atoms with Crippen molar-refractivity contribution in [2.24, 2.45) is 0 Å². The van der Waals surface area contributed by atoms with Crippen molar-refractivity contribution in [3.63, 3.8) is 0 Å². The number of carbonyl (C=O) groups excluding carboxylic acids is 2. The van der Waals surface area contributed by atoms with E-state index in [2.05, 4.69) is 10.6 Å². The van der Waals surface area contributed by atoms with Crippen molar-refractivity contribution in [1.29, 1.82) is 0 Å². The van der Waals surface area contributed by atoms with Gasteiger partial charge in [-0.15, -0.1) is 0 Å². The average molecular weight is 406 g/mol. The third kappa shape index (κ3) is 5.85. The van der Waals surface area contributed by atoms with Crippen LogP contribution in [0.1, 0.15) is 16.7 Å². The Labute approximate surface area is 173 Å². The smallest absolute Gasteiger partial charge is 0.257 e. The molecule has 0 bridgehead atoms. The molecule has 0 saturated heterocycles. The lowest BCUT2D eigenvalue weighted by Crippen LogP contribution is -2.34. The van der Waals surface area contributed by atoms with Gasteiger partial charge in [-0.1, -0.05) is 66.7 Å². The van der Waals surface area contributed by atoms with E-state index in [1.54, 1.807) is 0 Å². The molecule has 0 saturated carbocycles. The lowest BCUT2D eigenvalue weighted by molar-refractivity contribution is -0.123. The number of hydrogen-bond donors (Lipinski definition) is 2. The summed E-state index contributed by atoms with van der Waals surface area (Å²) in [6, 6.07) is 21.6. The second kappa shape index (κ2) is 10.1. The highest BCUT2D eigenvalue weighted by Gasteiger charge is 2.18. The summed E-state index contributed by atoms with van der Waals surface area (Å²) < 4.78 is 26.8. The maximum atomic E-state index is 13.6. The fourth-order valence-electron chi connectivity index (χ4n) is 2.75. The van der Waals surface area contributed by atoms with E-state index >= 15 is 0 Å². The van der Waals surface area contributed by atoms with Crippen molar-refractivity contribution in [1.82, 2.24) is 10.6 Å². The molecule has 3 rings (SSSR count). The van der Waals surface area contributed by atoms with Gasteiger partial charge in [0.05, 0.1) is 0 Å². The molecule has 4 nitrogen and oxygen atoms in total. The number of benzene rings is 3. The topological polar surface area (TPSA) is 58.2 Å². The first-order valence-electron chi connectivity index (χ1n) is 9.34. The van der Waals surface area contributed by atoms with E-state index in [4.69, 9.17) is 0 Å². The van der Waals surface area contributed by atoms with Crippen molar-refractivity contribution < 1.29 is 18.4 Å². The maximum absolute atomic E-state index is 13.6. The van der Waals surface area contributed by atoms with Gasteiger partial charge >= 0.3 is 0 Å². The second-order valence-electron chi connectivity index (χ2n) is 6.57. The van der Waals surface area contributed by atoms with E-state index in [1.165, 1.54) is 12.1 Å². The molecule has 0 aliphatic carbocycles. The van der Waals surface area contributed by atoms with Gasteiger partial charge in [0, 0.05) is 13.1 Å². The Morgan fingerprint density at radius 3 is 1.67 bits per heavy atom. The fraction of sp³-hybridized carbons (Fsp3) is 0.0833. The summed E-state index contributed by atoms with van der Waals surface area (Å²) in [5.41, 5.74) is 1.73. The van der Waals surface area contributed by atoms with E-state index in [1.807, 2.05) is 60.7 Å². The zero-order valence-electron chi connectivity index (χ0n) is 16.1. The minimum Gasteiger partial charge on any atom is -0.348 e. The third-order valence-electron chi connectivity index (χ3n) is 4.34. The van der Waals surface area contributed by atoms with Gasteiger partial charge in [0.25, 0.3) is 11.8 Å². The minimum atomic E-state index is -1.06. The normalized spacial score (nSPS) is 10.2. The molecular formula is C24H20F2N2O2. The van der Waals surface area contributed by atoms with Crippen LogP contribution in [0.25, 0.3) is 6.08 Å². The zero-order valence-corrected chi connectivity index (χ0v) is 16.1. The third-order valence-corrected chi connectivity index (χ3v) is 4.34. The number of carbonyl (C=O) groups is 2. The van der Waals surface area contributed by atoms with Crippen LogP contribution in [0.15, 0.2) is 84.4 Å². The molecule has 0 aromatic heterocycles. The van der Waals surface area contributed by atoms with E-state index in [-0.39, 0.29) is 24.2 Å². The number of amides is 2. The lowest BCUT2D eigenvalue weighted by Gasteiger charge is -2.11. The monoisotopic (exact) mass is 406 g/mol. The molecule has 0 fully saturated rings. The number of nitrogens with one attached hydrogen (secondary N) is 2. The molecule has 152 valence electrons. The highest BCUT2D eigenvalue weighted by molar-refractivity contribution is 6.21. The van der Waals surface area contributed by atoms with Gasteiger partial charge in [-0.2, -0.15) is 0 Å². The van der Waals surface area contributed by atoms with Gasteiger partial charge in [0.15, 0.2) is 11.6 Å². The predicted molar refractivity (Wildman–Crippen MR) is 111 cm³/mol. The Hall–Kier alpha value is -3.80. The highest BCUT2D eigenvalue weighted by Crippen LogP contribution is 2.13. The first-order valence-corrected chi connectivity index (χ1v) is 9.34. The van der Waals surface area contributed by atoms with Crippen LogP contribution >= 0.6 is 0 Å². The van der Waals surface area contributed by atoms with Crippen molar-refractivity contribution >= 4 is 17.9 Å². The van der Waals surface area contributed by atoms with Crippen LogP contribution < -0.4 is 10.6 Å². The van der Waals surface area contributed by atoms with Crippen molar-refractivity contribution in [3.8, 4) is 0 Å². The summed E-state index contributed by atoms with van der Waals surface area (Å²) in [6.07, 6.45) is 1.24. The number of halogens is 2. The van der Waals surface area contributed by atoms with Crippen molar-refractivity contribution in [2.45, 2.75) is 13.1 Å². The Bertz CT molecular complexity index is 994. The van der Waals surface area contributed by atoms with Crippen molar-refractivity contribution in [3.05, 3.63) is 113 Å². The zero-order chi connectivity index (χ0) is 21.3. The van der Waals surface area contributed by atoms with Gasteiger partial charge in [0.1, 0.15) is 5.57 Å². The maximum Gasteiger partial charge on any atom is 0.257 e. The molecule has 6 heteroatoms. The summed E-state index contributed by atoms with van der Waals surface area (Å²) in [6.45, 7) is 0.446. The van der Waals surface area contributed by atoms with Gasteiger partial charge < -0.3 is 10.6 Å². The van der Waals surface area contributed by atoms with Crippen LogP contribution in [-0.2, 0) is 22.7 Å². The van der Waals surface area contributed by atoms with Gasteiger partial charge in [-0.25, -0.2) is 8.78 Å². The van der Waals surface area contributed by atoms with Crippen molar-refractivity contribution in [2.75, 3.05) is 0 Å². The van der Waals surface area contributed by atoms with E-state index in [0.717, 1.165) is 23.3 Å². The molecule has 3 aromatic rings. The summed E-state index contributed by atoms with van der Waals surface area (Å²) >= 11 is 0. The van der Waals surface area contributed by atoms with Crippen LogP contribution in [0.5, 0.6) is 0 Å². The Morgan fingerprint density at radius 2 is 1.20 bits per heavy atom. The summed E-state index contributed by atoms with van der Waals surface area (Å²) in [7, 11) is 0. The van der Waals surface area contributed by atoms with Crippen LogP contribution in [-0.4, -0.2) is 11.8 Å². The minimum absolute atomic E-state index is 0.201. The molecule has 0 radical (unpaired) electrons. The van der Waals surface area contributed by atoms with Crippen LogP contribution in [0.2, 0.25) is 0 Å². The molecule has 0 atom stereocenters. The molecule has 0 aliphatic rings. The first kappa shape index (κ1) is 20.9. The fourth-order valence-corrected chi connectivity index (χ4v) is 2.75. The molecule has 0 unspecified atom stereocenters. The lowest BCUT2D eigenvalue weighted by atomic mass is 10.1. The Kier molecular flexibility index (Phi) is 7.05. The average Bonchev–Trinajstić information content (AvgIpc) is 2.78. The van der Waals surface area contributed by atoms with E-state index in [9.17, 15) is 18.4 Å². The summed E-state index contributed by atoms with van der Waals surface area (Å²) in [5, 5.41) is 5.38. The second-order valence-corrected chi connectivity index (χ2v) is 6.57. The molecular weight excluding hydrogens is 386 g/mol. The predicted octanol–water partition coefficient (Wildman–Crippen LogP) is 3.98. The number of rotatable bonds is 7. The van der Waals surface area contributed by atoms with Gasteiger partial charge in [-0.3, -0.25) is 9.59 Å². The molecule has 0 spiro atoms. The van der Waals surface area contributed by atoms with Crippen LogP contribution in [0, 0.1) is 11.6 Å². The number of hydrogen-bond acceptors (Lipinski definition) is 2. The first-order chi connectivity index (χ1) is 14.5. The summed E-state index contributed by atoms with van der Waals surface area (Å²) in [4.78, 5) is 25.4. The largest absolute Gasteiger partial charge is 0.348 e. The van der Waals surface area contributed by atoms with Crippen LogP contribution in [0.4, 0.5) is 8.78 Å². The molecule has 3 aromatic carbocycles. The highest BCUT2D eigenvalue weighted by atomic mass is 19.2. The Morgan fingerprint density at radius 1 is 0.700 bits per heavy atom. The standard InChI is InChI=1S/C24H20F2N2O2/c25-21-12-11-19(14-22(21)26)13-20(23(29)27-15-17-7-3-1-4-8-17)24(30)28-16-18-9-5-2-6-10-18/h1-14H,15-16H2,(H,27,29)(H,28,30). The van der Waals surface area contributed by atoms with Crippen LogP contribution in [0.3, 0.4) is 0 Å². The molecule has 2 N–H and O–H groups in total. The summed E-state index contributed by atoms with van der Waals surface area (Å²) in [5.74, 6) is -3.29. The van der Waals surface area contributed by atoms with Gasteiger partial charge in [-0.05, 0) is 34.9 Å². The molecule has 30 heavy (non-hydrogen) atoms. The molecule has 0 aliphatic heterocycles. The van der Waals surface area contributed by atoms with E-state index < -0.39 is 23.4 Å².